The first-order chi connectivity index (χ1) is 18.2. The number of rotatable bonds is 6. The van der Waals surface area contributed by atoms with Crippen molar-refractivity contribution in [2.45, 2.75) is 32.1 Å². The van der Waals surface area contributed by atoms with Crippen LogP contribution in [-0.4, -0.2) is 25.9 Å². The molecule has 2 heterocycles. The molecule has 0 saturated carbocycles. The van der Waals surface area contributed by atoms with Crippen LogP contribution in [0.2, 0.25) is 0 Å². The lowest BCUT2D eigenvalue weighted by atomic mass is 9.77. The van der Waals surface area contributed by atoms with Crippen molar-refractivity contribution in [3.63, 3.8) is 0 Å². The van der Waals surface area contributed by atoms with Crippen molar-refractivity contribution in [3.05, 3.63) is 105 Å². The first kappa shape index (κ1) is 23.8. The van der Waals surface area contributed by atoms with Crippen LogP contribution in [0.5, 0.6) is 0 Å². The molecule has 0 fully saturated rings. The Bertz CT molecular complexity index is 1660. The van der Waals surface area contributed by atoms with Crippen LogP contribution < -0.4 is 16.2 Å². The van der Waals surface area contributed by atoms with Crippen LogP contribution >= 0.6 is 0 Å². The maximum atomic E-state index is 14.7. The fraction of sp³-hybridized carbons (Fsp3) is 0.207. The van der Waals surface area contributed by atoms with Gasteiger partial charge in [0.2, 0.25) is 0 Å². The smallest absolute Gasteiger partial charge is 0.287 e. The molecule has 6 rings (SSSR count). The molecule has 0 atom stereocenters. The van der Waals surface area contributed by atoms with Crippen LogP contribution in [0.25, 0.3) is 11.3 Å². The summed E-state index contributed by atoms with van der Waals surface area (Å²) in [6.45, 7) is 4.14. The normalized spacial score (nSPS) is 15.4. The molecular formula is C29H32FN6O2. The summed E-state index contributed by atoms with van der Waals surface area (Å²) < 4.78 is 16.4. The Hall–Kier alpha value is -4.53. The summed E-state index contributed by atoms with van der Waals surface area (Å²) >= 11 is 0. The molecule has 38 heavy (non-hydrogen) atoms. The maximum Gasteiger partial charge on any atom is 0.287 e. The van der Waals surface area contributed by atoms with Gasteiger partial charge in [-0.15, -0.1) is 0 Å². The third-order valence-electron chi connectivity index (χ3n) is 7.37. The van der Waals surface area contributed by atoms with Gasteiger partial charge in [-0.25, -0.2) is 9.49 Å². The van der Waals surface area contributed by atoms with Crippen LogP contribution in [0, 0.1) is 19.2 Å². The van der Waals surface area contributed by atoms with E-state index in [1.165, 1.54) is 34.9 Å². The molecule has 2 aliphatic carbocycles. The minimum absolute atomic E-state index is 0. The molecule has 0 aliphatic heterocycles. The van der Waals surface area contributed by atoms with E-state index < -0.39 is 17.3 Å². The number of halogens is 1. The molecule has 3 N–H and O–H groups in total. The highest BCUT2D eigenvalue weighted by Crippen LogP contribution is 2.54. The number of aromatic amines is 1. The van der Waals surface area contributed by atoms with Gasteiger partial charge in [-0.05, 0) is 67.1 Å². The van der Waals surface area contributed by atoms with E-state index in [2.05, 4.69) is 39.3 Å². The van der Waals surface area contributed by atoms with E-state index in [0.717, 1.165) is 18.5 Å². The van der Waals surface area contributed by atoms with Crippen molar-refractivity contribution in [2.24, 2.45) is 7.05 Å². The van der Waals surface area contributed by atoms with Crippen LogP contribution in [-0.2, 0) is 12.5 Å². The number of nitrogens with zero attached hydrogens (tertiary/aromatic N) is 3. The third-order valence-corrected chi connectivity index (χ3v) is 7.37. The molecule has 4 aromatic rings. The predicted octanol–water partition coefficient (Wildman–Crippen LogP) is 5.92. The van der Waals surface area contributed by atoms with Gasteiger partial charge < -0.3 is 10.6 Å². The van der Waals surface area contributed by atoms with Crippen molar-refractivity contribution in [1.82, 2.24) is 20.0 Å². The van der Waals surface area contributed by atoms with Gasteiger partial charge in [0.1, 0.15) is 11.5 Å². The van der Waals surface area contributed by atoms with E-state index >= 15 is 0 Å². The molecule has 8 nitrogen and oxygen atoms in total. The summed E-state index contributed by atoms with van der Waals surface area (Å²) in [5.74, 6) is -0.472. The lowest BCUT2D eigenvalue weighted by Crippen LogP contribution is -2.20. The van der Waals surface area contributed by atoms with Crippen LogP contribution in [0.4, 0.5) is 21.6 Å². The predicted molar refractivity (Wildman–Crippen MR) is 150 cm³/mol. The van der Waals surface area contributed by atoms with E-state index in [1.807, 2.05) is 25.1 Å². The highest BCUT2D eigenvalue weighted by atomic mass is 19.1. The Morgan fingerprint density at radius 2 is 1.82 bits per heavy atom. The molecule has 1 amide bonds. The number of aromatic nitrogens is 4. The lowest BCUT2D eigenvalue weighted by molar-refractivity contribution is 0.102. The van der Waals surface area contributed by atoms with Crippen LogP contribution in [0.15, 0.2) is 70.5 Å². The van der Waals surface area contributed by atoms with Gasteiger partial charge in [0.05, 0.1) is 11.4 Å². The first-order valence-corrected chi connectivity index (χ1v) is 12.3. The number of hydrogen-bond donors (Lipinski definition) is 3. The molecule has 9 heteroatoms. The van der Waals surface area contributed by atoms with Crippen molar-refractivity contribution in [1.29, 1.82) is 0 Å². The van der Waals surface area contributed by atoms with Gasteiger partial charge in [0, 0.05) is 40.6 Å². The summed E-state index contributed by atoms with van der Waals surface area (Å²) in [5.41, 5.74) is 6.30. The Labute approximate surface area is 223 Å². The summed E-state index contributed by atoms with van der Waals surface area (Å²) in [4.78, 5) is 25.3. The second-order valence-electron chi connectivity index (χ2n) is 10.3. The zero-order valence-corrected chi connectivity index (χ0v) is 21.2. The zero-order chi connectivity index (χ0) is 26.6. The molecule has 2 aromatic heterocycles. The SMILES string of the molecule is Cc1cc(Nc2cc(-c3ccc(F)c(NC(=O)c4ccc(C5(C)CC6=C([CH]6)C5)cc4)c3)n[nH]c2=O)nn1C.[HH].[HH].[HH]. The fourth-order valence-electron chi connectivity index (χ4n) is 5.02. The van der Waals surface area contributed by atoms with Gasteiger partial charge >= 0.3 is 0 Å². The lowest BCUT2D eigenvalue weighted by Gasteiger charge is -2.27. The Morgan fingerprint density at radius 1 is 1.08 bits per heavy atom. The Balaban J connectivity index is 0.00000154. The summed E-state index contributed by atoms with van der Waals surface area (Å²) in [5, 5.41) is 16.5. The highest BCUT2D eigenvalue weighted by molar-refractivity contribution is 6.04. The topological polar surface area (TPSA) is 105 Å². The Morgan fingerprint density at radius 3 is 2.50 bits per heavy atom. The van der Waals surface area contributed by atoms with Crippen LogP contribution in [0.3, 0.4) is 0 Å². The quantitative estimate of drug-likeness (QED) is 0.296. The molecule has 0 unspecified atom stereocenters. The van der Waals surface area contributed by atoms with Crippen molar-refractivity contribution in [2.75, 3.05) is 10.6 Å². The zero-order valence-electron chi connectivity index (χ0n) is 21.2. The largest absolute Gasteiger partial charge is 0.334 e. The van der Waals surface area contributed by atoms with E-state index in [0.29, 0.717) is 22.6 Å². The van der Waals surface area contributed by atoms with E-state index in [9.17, 15) is 14.0 Å². The van der Waals surface area contributed by atoms with Gasteiger partial charge in [-0.2, -0.15) is 10.2 Å². The number of carbonyl (C=O) groups is 1. The van der Waals surface area contributed by atoms with E-state index in [1.54, 1.807) is 29.9 Å². The number of benzene rings is 2. The Kier molecular flexibility index (Phi) is 5.52. The number of aryl methyl sites for hydroxylation is 2. The van der Waals surface area contributed by atoms with Crippen LogP contribution in [0.1, 0.15) is 45.7 Å². The van der Waals surface area contributed by atoms with Crippen molar-refractivity contribution < 1.29 is 13.5 Å². The second-order valence-corrected chi connectivity index (χ2v) is 10.3. The highest BCUT2D eigenvalue weighted by Gasteiger charge is 2.42. The van der Waals surface area contributed by atoms with Gasteiger partial charge in [-0.3, -0.25) is 14.3 Å². The molecule has 2 aromatic carbocycles. The number of amides is 1. The standard InChI is InChI=1S/C29H26FN6O2.3H2/c1-16-10-26(35-36(16)3)31-25-13-23(33-34-28(25)38)18-6-9-22(30)24(12-18)32-27(37)17-4-7-21(8-5-17)29(2)14-19-11-20(19)15-29;;;/h4-13H,14-15H2,1-3H3,(H,32,37)(H,34,38)(H,31,33,35);3*1H. The minimum Gasteiger partial charge on any atom is -0.334 e. The van der Waals surface area contributed by atoms with Gasteiger partial charge in [0.15, 0.2) is 5.82 Å². The number of hydrogen-bond acceptors (Lipinski definition) is 5. The maximum absolute atomic E-state index is 14.7. The molecule has 1 radical (unpaired) electrons. The molecule has 197 valence electrons. The number of H-pyrrole nitrogens is 1. The van der Waals surface area contributed by atoms with E-state index in [4.69, 9.17) is 0 Å². The molecule has 0 saturated heterocycles. The number of carbonyl (C=O) groups excluding carboxylic acids is 1. The summed E-state index contributed by atoms with van der Waals surface area (Å²) in [7, 11) is 1.81. The molecule has 0 spiro atoms. The minimum atomic E-state index is -0.576. The van der Waals surface area contributed by atoms with Crippen molar-refractivity contribution in [3.8, 4) is 11.3 Å². The second kappa shape index (κ2) is 8.79. The van der Waals surface area contributed by atoms with Crippen molar-refractivity contribution >= 4 is 23.1 Å². The average Bonchev–Trinajstić information content (AvgIpc) is 3.39. The summed E-state index contributed by atoms with van der Waals surface area (Å²) in [6, 6.07) is 15.2. The third kappa shape index (κ3) is 4.40. The average molecular weight is 516 g/mol. The molecule has 2 aliphatic rings. The molecule has 0 bridgehead atoms. The first-order valence-electron chi connectivity index (χ1n) is 12.3. The number of allylic oxidation sites excluding steroid dienone is 2. The monoisotopic (exact) mass is 515 g/mol. The molecular weight excluding hydrogens is 483 g/mol. The number of anilines is 3. The summed E-state index contributed by atoms with van der Waals surface area (Å²) in [6.07, 6.45) is 4.31. The van der Waals surface area contributed by atoms with Gasteiger partial charge in [0.25, 0.3) is 11.5 Å². The van der Waals surface area contributed by atoms with Gasteiger partial charge in [-0.1, -0.05) is 30.2 Å². The fourth-order valence-corrected chi connectivity index (χ4v) is 5.02. The van der Waals surface area contributed by atoms with E-state index in [-0.39, 0.29) is 21.1 Å². The number of nitrogens with one attached hydrogen (secondary N) is 3.